The lowest BCUT2D eigenvalue weighted by atomic mass is 9.77. The molecule has 19 heavy (non-hydrogen) atoms. The smallest absolute Gasteiger partial charge is 0.240 e. The van der Waals surface area contributed by atoms with Gasteiger partial charge in [-0.25, -0.2) is 0 Å². The Kier molecular flexibility index (Phi) is 4.43. The predicted molar refractivity (Wildman–Crippen MR) is 78.1 cm³/mol. The van der Waals surface area contributed by atoms with Crippen molar-refractivity contribution in [2.24, 2.45) is 5.73 Å². The lowest BCUT2D eigenvalue weighted by Crippen LogP contribution is -2.58. The lowest BCUT2D eigenvalue weighted by Gasteiger charge is -2.36. The molecule has 104 valence electrons. The Morgan fingerprint density at radius 3 is 2.63 bits per heavy atom. The van der Waals surface area contributed by atoms with E-state index in [1.165, 1.54) is 5.69 Å². The molecule has 1 aliphatic carbocycles. The SMILES string of the molecule is CN(CCCNC(=O)C1(N)CCC1)c1ccccc1. The second kappa shape index (κ2) is 6.06. The number of nitrogens with two attached hydrogens (primary N) is 1. The van der Waals surface area contributed by atoms with Gasteiger partial charge in [-0.1, -0.05) is 18.2 Å². The quantitative estimate of drug-likeness (QED) is 0.763. The number of rotatable bonds is 6. The number of amides is 1. The van der Waals surface area contributed by atoms with Crippen LogP contribution in [-0.4, -0.2) is 31.6 Å². The second-order valence-electron chi connectivity index (χ2n) is 5.38. The van der Waals surface area contributed by atoms with Crippen LogP contribution in [0.5, 0.6) is 0 Å². The molecule has 0 aliphatic heterocycles. The molecule has 0 atom stereocenters. The van der Waals surface area contributed by atoms with Gasteiger partial charge >= 0.3 is 0 Å². The van der Waals surface area contributed by atoms with Gasteiger partial charge in [-0.3, -0.25) is 4.79 Å². The molecule has 1 saturated carbocycles. The van der Waals surface area contributed by atoms with Crippen LogP contribution in [-0.2, 0) is 4.79 Å². The van der Waals surface area contributed by atoms with Gasteiger partial charge in [0.1, 0.15) is 0 Å². The van der Waals surface area contributed by atoms with Gasteiger partial charge in [0.2, 0.25) is 5.91 Å². The molecule has 4 heteroatoms. The van der Waals surface area contributed by atoms with E-state index in [-0.39, 0.29) is 5.91 Å². The molecule has 0 aromatic heterocycles. The average Bonchev–Trinajstić information content (AvgIpc) is 2.41. The van der Waals surface area contributed by atoms with Gasteiger partial charge in [0.05, 0.1) is 5.54 Å². The Morgan fingerprint density at radius 1 is 1.37 bits per heavy atom. The lowest BCUT2D eigenvalue weighted by molar-refractivity contribution is -0.129. The normalized spacial score (nSPS) is 16.5. The van der Waals surface area contributed by atoms with Gasteiger partial charge in [0.25, 0.3) is 0 Å². The summed E-state index contributed by atoms with van der Waals surface area (Å²) < 4.78 is 0. The third-order valence-corrected chi connectivity index (χ3v) is 3.85. The van der Waals surface area contributed by atoms with Gasteiger partial charge in [-0.15, -0.1) is 0 Å². The molecule has 2 rings (SSSR count). The zero-order valence-corrected chi connectivity index (χ0v) is 11.6. The molecule has 0 unspecified atom stereocenters. The van der Waals surface area contributed by atoms with Crippen molar-refractivity contribution < 1.29 is 4.79 Å². The highest BCUT2D eigenvalue weighted by Gasteiger charge is 2.39. The molecule has 1 aromatic rings. The van der Waals surface area contributed by atoms with Crippen LogP contribution >= 0.6 is 0 Å². The summed E-state index contributed by atoms with van der Waals surface area (Å²) in [4.78, 5) is 14.0. The molecule has 1 aliphatic rings. The van der Waals surface area contributed by atoms with E-state index in [1.807, 2.05) is 18.2 Å². The van der Waals surface area contributed by atoms with E-state index in [0.717, 1.165) is 32.2 Å². The number of para-hydroxylation sites is 1. The second-order valence-corrected chi connectivity index (χ2v) is 5.38. The number of nitrogens with zero attached hydrogens (tertiary/aromatic N) is 1. The van der Waals surface area contributed by atoms with E-state index in [9.17, 15) is 4.79 Å². The fourth-order valence-corrected chi connectivity index (χ4v) is 2.29. The van der Waals surface area contributed by atoms with E-state index in [4.69, 9.17) is 5.73 Å². The van der Waals surface area contributed by atoms with Crippen LogP contribution < -0.4 is 16.0 Å². The van der Waals surface area contributed by atoms with E-state index >= 15 is 0 Å². The van der Waals surface area contributed by atoms with Crippen molar-refractivity contribution in [3.8, 4) is 0 Å². The number of benzene rings is 1. The fraction of sp³-hybridized carbons (Fsp3) is 0.533. The molecular formula is C15H23N3O. The van der Waals surface area contributed by atoms with Crippen LogP contribution in [0.2, 0.25) is 0 Å². The number of anilines is 1. The van der Waals surface area contributed by atoms with E-state index in [1.54, 1.807) is 0 Å². The van der Waals surface area contributed by atoms with Crippen molar-refractivity contribution >= 4 is 11.6 Å². The van der Waals surface area contributed by atoms with Crippen LogP contribution in [0.4, 0.5) is 5.69 Å². The first-order chi connectivity index (χ1) is 9.12. The van der Waals surface area contributed by atoms with Gasteiger partial charge in [0, 0.05) is 25.8 Å². The molecule has 1 amide bonds. The molecule has 3 N–H and O–H groups in total. The Bertz CT molecular complexity index is 415. The van der Waals surface area contributed by atoms with Crippen molar-refractivity contribution in [1.82, 2.24) is 5.32 Å². The largest absolute Gasteiger partial charge is 0.375 e. The summed E-state index contributed by atoms with van der Waals surface area (Å²) in [6.07, 6.45) is 3.64. The average molecular weight is 261 g/mol. The third kappa shape index (κ3) is 3.47. The van der Waals surface area contributed by atoms with Gasteiger partial charge < -0.3 is 16.0 Å². The van der Waals surface area contributed by atoms with E-state index in [2.05, 4.69) is 29.4 Å². The molecule has 1 fully saturated rings. The van der Waals surface area contributed by atoms with Crippen molar-refractivity contribution in [2.75, 3.05) is 25.0 Å². The molecule has 0 bridgehead atoms. The van der Waals surface area contributed by atoms with Crippen molar-refractivity contribution in [2.45, 2.75) is 31.2 Å². The molecule has 0 radical (unpaired) electrons. The van der Waals surface area contributed by atoms with E-state index in [0.29, 0.717) is 6.54 Å². The van der Waals surface area contributed by atoms with Crippen molar-refractivity contribution in [1.29, 1.82) is 0 Å². The summed E-state index contributed by atoms with van der Waals surface area (Å²) in [5.41, 5.74) is 6.58. The first-order valence-corrected chi connectivity index (χ1v) is 6.95. The molecular weight excluding hydrogens is 238 g/mol. The number of carbonyl (C=O) groups excluding carboxylic acids is 1. The topological polar surface area (TPSA) is 58.4 Å². The van der Waals surface area contributed by atoms with Crippen LogP contribution in [0, 0.1) is 0 Å². The molecule has 0 spiro atoms. The fourth-order valence-electron chi connectivity index (χ4n) is 2.29. The zero-order chi connectivity index (χ0) is 13.7. The van der Waals surface area contributed by atoms with Gasteiger partial charge in [-0.2, -0.15) is 0 Å². The Hall–Kier alpha value is -1.55. The Labute approximate surface area is 115 Å². The summed E-state index contributed by atoms with van der Waals surface area (Å²) in [7, 11) is 2.06. The Morgan fingerprint density at radius 2 is 2.05 bits per heavy atom. The summed E-state index contributed by atoms with van der Waals surface area (Å²) in [5.74, 6) is 0.0149. The standard InChI is InChI=1S/C15H23N3O/c1-18(13-7-3-2-4-8-13)12-6-11-17-14(19)15(16)9-5-10-15/h2-4,7-8H,5-6,9-12,16H2,1H3,(H,17,19). The maximum Gasteiger partial charge on any atom is 0.240 e. The van der Waals surface area contributed by atoms with Crippen LogP contribution in [0.3, 0.4) is 0 Å². The highest BCUT2D eigenvalue weighted by atomic mass is 16.2. The monoisotopic (exact) mass is 261 g/mol. The molecule has 0 heterocycles. The predicted octanol–water partition coefficient (Wildman–Crippen LogP) is 1.51. The minimum absolute atomic E-state index is 0.0149. The summed E-state index contributed by atoms with van der Waals surface area (Å²) in [6.45, 7) is 1.61. The summed E-state index contributed by atoms with van der Waals surface area (Å²) >= 11 is 0. The molecule has 0 saturated heterocycles. The van der Waals surface area contributed by atoms with Crippen molar-refractivity contribution in [3.63, 3.8) is 0 Å². The van der Waals surface area contributed by atoms with Gasteiger partial charge in [0.15, 0.2) is 0 Å². The van der Waals surface area contributed by atoms with Gasteiger partial charge in [-0.05, 0) is 37.8 Å². The van der Waals surface area contributed by atoms with Crippen molar-refractivity contribution in [3.05, 3.63) is 30.3 Å². The summed E-state index contributed by atoms with van der Waals surface area (Å²) in [6, 6.07) is 10.2. The maximum atomic E-state index is 11.8. The number of hydrogen-bond donors (Lipinski definition) is 2. The first kappa shape index (κ1) is 13.9. The highest BCUT2D eigenvalue weighted by molar-refractivity contribution is 5.86. The molecule has 1 aromatic carbocycles. The minimum atomic E-state index is -0.578. The summed E-state index contributed by atoms with van der Waals surface area (Å²) in [5, 5.41) is 2.94. The van der Waals surface area contributed by atoms with Crippen LogP contribution in [0.1, 0.15) is 25.7 Å². The highest BCUT2D eigenvalue weighted by Crippen LogP contribution is 2.28. The maximum absolute atomic E-state index is 11.8. The number of nitrogens with one attached hydrogen (secondary N) is 1. The zero-order valence-electron chi connectivity index (χ0n) is 11.6. The Balaban J connectivity index is 1.65. The minimum Gasteiger partial charge on any atom is -0.375 e. The van der Waals surface area contributed by atoms with Crippen LogP contribution in [0.25, 0.3) is 0 Å². The molecule has 4 nitrogen and oxygen atoms in total. The van der Waals surface area contributed by atoms with E-state index < -0.39 is 5.54 Å². The first-order valence-electron chi connectivity index (χ1n) is 6.95. The number of hydrogen-bond acceptors (Lipinski definition) is 3. The third-order valence-electron chi connectivity index (χ3n) is 3.85. The number of carbonyl (C=O) groups is 1. The van der Waals surface area contributed by atoms with Crippen LogP contribution in [0.15, 0.2) is 30.3 Å².